The number of rotatable bonds is 4. The van der Waals surface area contributed by atoms with Crippen molar-refractivity contribution >= 4 is 0 Å². The van der Waals surface area contributed by atoms with Gasteiger partial charge in [0.2, 0.25) is 0 Å². The van der Waals surface area contributed by atoms with Crippen LogP contribution in [0.15, 0.2) is 18.2 Å². The third-order valence-electron chi connectivity index (χ3n) is 3.36. The van der Waals surface area contributed by atoms with Gasteiger partial charge in [-0.05, 0) is 24.1 Å². The number of alkyl halides is 1. The summed E-state index contributed by atoms with van der Waals surface area (Å²) in [6.45, 7) is 3.13. The highest BCUT2D eigenvalue weighted by Gasteiger charge is 2.22. The minimum absolute atomic E-state index is 0.0383. The van der Waals surface area contributed by atoms with Crippen molar-refractivity contribution in [2.75, 3.05) is 32.9 Å². The van der Waals surface area contributed by atoms with Crippen LogP contribution in [0.2, 0.25) is 0 Å². The molecule has 0 spiro atoms. The maximum Gasteiger partial charge on any atom is 0.157 e. The van der Waals surface area contributed by atoms with Crippen molar-refractivity contribution in [2.24, 2.45) is 0 Å². The predicted molar refractivity (Wildman–Crippen MR) is 67.5 cm³/mol. The van der Waals surface area contributed by atoms with Gasteiger partial charge in [-0.3, -0.25) is 9.29 Å². The Morgan fingerprint density at radius 1 is 1.22 bits per heavy atom. The van der Waals surface area contributed by atoms with Gasteiger partial charge >= 0.3 is 0 Å². The molecule has 1 saturated heterocycles. The number of nitrogens with one attached hydrogen (secondary N) is 1. The lowest BCUT2D eigenvalue weighted by molar-refractivity contribution is 0.157. The summed E-state index contributed by atoms with van der Waals surface area (Å²) in [7, 11) is 0. The second kappa shape index (κ2) is 6.02. The summed E-state index contributed by atoms with van der Waals surface area (Å²) < 4.78 is 12.7. The van der Waals surface area contributed by atoms with Crippen molar-refractivity contribution in [1.29, 1.82) is 0 Å². The van der Waals surface area contributed by atoms with Crippen molar-refractivity contribution in [1.82, 2.24) is 10.2 Å². The maximum absolute atomic E-state index is 12.7. The average Bonchev–Trinajstić information content (AvgIpc) is 2.40. The smallest absolute Gasteiger partial charge is 0.157 e. The molecule has 0 aliphatic carbocycles. The lowest BCUT2D eigenvalue weighted by Crippen LogP contribution is -2.45. The number of nitrogens with zero attached hydrogens (tertiary/aromatic N) is 1. The highest BCUT2D eigenvalue weighted by molar-refractivity contribution is 5.41. The number of halogens is 1. The monoisotopic (exact) mass is 254 g/mol. The normalized spacial score (nSPS) is 18.7. The van der Waals surface area contributed by atoms with Gasteiger partial charge in [0, 0.05) is 32.2 Å². The Kier molecular flexibility index (Phi) is 4.38. The van der Waals surface area contributed by atoms with Crippen LogP contribution in [0.25, 0.3) is 0 Å². The van der Waals surface area contributed by atoms with Crippen LogP contribution < -0.4 is 5.32 Å². The number of aromatic hydroxyl groups is 2. The number of phenolic OH excluding ortho intramolecular Hbond substituents is 2. The summed E-state index contributed by atoms with van der Waals surface area (Å²) in [6.07, 6.45) is 0.407. The van der Waals surface area contributed by atoms with E-state index in [-0.39, 0.29) is 17.5 Å². The Morgan fingerprint density at radius 2 is 1.94 bits per heavy atom. The molecule has 0 amide bonds. The molecule has 0 radical (unpaired) electrons. The van der Waals surface area contributed by atoms with Crippen LogP contribution in [0.3, 0.4) is 0 Å². The molecule has 3 N–H and O–H groups in total. The SMILES string of the molecule is Oc1ccc([C@@H](CCF)N2CCNCC2)cc1O. The van der Waals surface area contributed by atoms with E-state index in [4.69, 9.17) is 0 Å². The first kappa shape index (κ1) is 13.1. The minimum Gasteiger partial charge on any atom is -0.504 e. The zero-order valence-corrected chi connectivity index (χ0v) is 10.3. The lowest BCUT2D eigenvalue weighted by atomic mass is 10.0. The van der Waals surface area contributed by atoms with Crippen LogP contribution in [-0.2, 0) is 0 Å². The largest absolute Gasteiger partial charge is 0.504 e. The van der Waals surface area contributed by atoms with E-state index in [9.17, 15) is 14.6 Å². The van der Waals surface area contributed by atoms with Gasteiger partial charge in [-0.2, -0.15) is 0 Å². The van der Waals surface area contributed by atoms with E-state index in [2.05, 4.69) is 10.2 Å². The Bertz CT molecular complexity index is 395. The molecule has 1 aromatic rings. The van der Waals surface area contributed by atoms with E-state index in [0.29, 0.717) is 6.42 Å². The summed E-state index contributed by atoms with van der Waals surface area (Å²) in [5, 5.41) is 22.1. The standard InChI is InChI=1S/C13H19FN2O2/c14-4-3-11(16-7-5-15-6-8-16)10-1-2-12(17)13(18)9-10/h1-2,9,11,15,17-18H,3-8H2/t11-/m1/s1. The maximum atomic E-state index is 12.7. The first-order chi connectivity index (χ1) is 8.72. The molecular formula is C13H19FN2O2. The highest BCUT2D eigenvalue weighted by Crippen LogP contribution is 2.32. The molecule has 0 saturated carbocycles. The third-order valence-corrected chi connectivity index (χ3v) is 3.36. The molecule has 0 unspecified atom stereocenters. The fourth-order valence-electron chi connectivity index (χ4n) is 2.40. The van der Waals surface area contributed by atoms with Crippen molar-refractivity contribution in [2.45, 2.75) is 12.5 Å². The molecule has 1 aliphatic rings. The first-order valence-electron chi connectivity index (χ1n) is 6.25. The van der Waals surface area contributed by atoms with Gasteiger partial charge in [-0.15, -0.1) is 0 Å². The van der Waals surface area contributed by atoms with Crippen LogP contribution in [0.4, 0.5) is 4.39 Å². The molecule has 1 atom stereocenters. The van der Waals surface area contributed by atoms with Gasteiger partial charge in [-0.1, -0.05) is 6.07 Å². The molecule has 1 aliphatic heterocycles. The van der Waals surface area contributed by atoms with E-state index in [0.717, 1.165) is 31.7 Å². The number of piperazine rings is 1. The fourth-order valence-corrected chi connectivity index (χ4v) is 2.40. The van der Waals surface area contributed by atoms with Crippen LogP contribution in [0.5, 0.6) is 11.5 Å². The summed E-state index contributed by atoms with van der Waals surface area (Å²) in [5.41, 5.74) is 0.852. The quantitative estimate of drug-likeness (QED) is 0.711. The average molecular weight is 254 g/mol. The Balaban J connectivity index is 2.19. The van der Waals surface area contributed by atoms with Crippen LogP contribution in [-0.4, -0.2) is 48.0 Å². The molecule has 1 fully saturated rings. The van der Waals surface area contributed by atoms with Gasteiger partial charge in [0.15, 0.2) is 11.5 Å². The molecule has 1 heterocycles. The fraction of sp³-hybridized carbons (Fsp3) is 0.538. The van der Waals surface area contributed by atoms with Crippen molar-refractivity contribution < 1.29 is 14.6 Å². The van der Waals surface area contributed by atoms with Crippen LogP contribution >= 0.6 is 0 Å². The van der Waals surface area contributed by atoms with Crippen LogP contribution in [0.1, 0.15) is 18.0 Å². The summed E-state index contributed by atoms with van der Waals surface area (Å²) in [4.78, 5) is 2.21. The molecule has 4 nitrogen and oxygen atoms in total. The lowest BCUT2D eigenvalue weighted by Gasteiger charge is -2.35. The van der Waals surface area contributed by atoms with Gasteiger partial charge in [0.25, 0.3) is 0 Å². The van der Waals surface area contributed by atoms with Gasteiger partial charge < -0.3 is 15.5 Å². The third kappa shape index (κ3) is 2.91. The number of benzene rings is 1. The van der Waals surface area contributed by atoms with E-state index in [1.54, 1.807) is 6.07 Å². The molecule has 1 aromatic carbocycles. The summed E-state index contributed by atoms with van der Waals surface area (Å²) in [6, 6.07) is 4.69. The Morgan fingerprint density at radius 3 is 2.56 bits per heavy atom. The Hall–Kier alpha value is -1.33. The predicted octanol–water partition coefficient (Wildman–Crippen LogP) is 1.40. The number of phenols is 2. The van der Waals surface area contributed by atoms with Crippen molar-refractivity contribution in [3.8, 4) is 11.5 Å². The first-order valence-corrected chi connectivity index (χ1v) is 6.25. The molecule has 18 heavy (non-hydrogen) atoms. The van der Waals surface area contributed by atoms with E-state index < -0.39 is 6.67 Å². The van der Waals surface area contributed by atoms with E-state index in [1.165, 1.54) is 12.1 Å². The summed E-state index contributed by atoms with van der Waals surface area (Å²) >= 11 is 0. The van der Waals surface area contributed by atoms with Crippen molar-refractivity contribution in [3.63, 3.8) is 0 Å². The molecule has 5 heteroatoms. The number of hydrogen-bond donors (Lipinski definition) is 3. The van der Waals surface area contributed by atoms with Gasteiger partial charge in [0.1, 0.15) is 0 Å². The molecule has 100 valence electrons. The molecule has 2 rings (SSSR count). The van der Waals surface area contributed by atoms with Crippen LogP contribution in [0, 0.1) is 0 Å². The van der Waals surface area contributed by atoms with Gasteiger partial charge in [0.05, 0.1) is 6.67 Å². The topological polar surface area (TPSA) is 55.7 Å². The van der Waals surface area contributed by atoms with Crippen molar-refractivity contribution in [3.05, 3.63) is 23.8 Å². The molecule has 0 aromatic heterocycles. The van der Waals surface area contributed by atoms with E-state index >= 15 is 0 Å². The minimum atomic E-state index is -0.393. The zero-order valence-electron chi connectivity index (χ0n) is 10.3. The Labute approximate surface area is 106 Å². The van der Waals surface area contributed by atoms with E-state index in [1.807, 2.05) is 0 Å². The highest BCUT2D eigenvalue weighted by atomic mass is 19.1. The second-order valence-corrected chi connectivity index (χ2v) is 4.53. The zero-order chi connectivity index (χ0) is 13.0. The molecular weight excluding hydrogens is 235 g/mol. The van der Waals surface area contributed by atoms with Gasteiger partial charge in [-0.25, -0.2) is 0 Å². The number of hydrogen-bond acceptors (Lipinski definition) is 4. The second-order valence-electron chi connectivity index (χ2n) is 4.53. The molecule has 0 bridgehead atoms. The summed E-state index contributed by atoms with van der Waals surface area (Å²) in [5.74, 6) is -0.287.